The Hall–Kier alpha value is -1.91. The van der Waals surface area contributed by atoms with E-state index < -0.39 is 0 Å². The predicted molar refractivity (Wildman–Crippen MR) is 79.1 cm³/mol. The fourth-order valence-electron chi connectivity index (χ4n) is 2.32. The minimum Gasteiger partial charge on any atom is -0.322 e. The van der Waals surface area contributed by atoms with E-state index in [9.17, 15) is 4.79 Å². The number of fused-ring (bicyclic) bond motifs is 1. The minimum absolute atomic E-state index is 0.221. The third-order valence-electron chi connectivity index (χ3n) is 3.37. The highest BCUT2D eigenvalue weighted by atomic mass is 35.5. The molecule has 1 aromatic carbocycles. The van der Waals surface area contributed by atoms with Crippen LogP contribution in [0.4, 0.5) is 5.69 Å². The Balaban J connectivity index is 1.81. The van der Waals surface area contributed by atoms with Crippen LogP contribution in [0.15, 0.2) is 36.7 Å². The number of hydrogen-bond acceptors (Lipinski definition) is 3. The first-order valence-corrected chi connectivity index (χ1v) is 6.85. The summed E-state index contributed by atoms with van der Waals surface area (Å²) in [4.78, 5) is 16.0. The van der Waals surface area contributed by atoms with Crippen molar-refractivity contribution in [2.45, 2.75) is 13.0 Å². The van der Waals surface area contributed by atoms with Crippen LogP contribution < -0.4 is 10.6 Å². The smallest absolute Gasteiger partial charge is 0.257 e. The van der Waals surface area contributed by atoms with Crippen molar-refractivity contribution in [1.29, 1.82) is 0 Å². The summed E-state index contributed by atoms with van der Waals surface area (Å²) >= 11 is 5.97. The van der Waals surface area contributed by atoms with Gasteiger partial charge in [-0.1, -0.05) is 17.7 Å². The number of anilines is 1. The van der Waals surface area contributed by atoms with Crippen LogP contribution in [0.5, 0.6) is 0 Å². The van der Waals surface area contributed by atoms with Crippen molar-refractivity contribution in [3.8, 4) is 0 Å². The topological polar surface area (TPSA) is 54.0 Å². The number of carbonyl (C=O) groups is 1. The second-order valence-corrected chi connectivity index (χ2v) is 5.13. The van der Waals surface area contributed by atoms with Crippen molar-refractivity contribution >= 4 is 23.2 Å². The number of nitrogens with one attached hydrogen (secondary N) is 2. The van der Waals surface area contributed by atoms with Gasteiger partial charge in [0.15, 0.2) is 0 Å². The number of nitrogens with zero attached hydrogens (tertiary/aromatic N) is 1. The molecule has 0 atom stereocenters. The Bertz CT molecular complexity index is 657. The number of rotatable bonds is 2. The standard InChI is InChI=1S/C15H14ClN3O/c16-14-9-18-6-4-13(14)15(20)19-12-2-1-10-3-5-17-8-11(10)7-12/h1-2,4,6-7,9,17H,3,5,8H2,(H,19,20). The third-order valence-corrected chi connectivity index (χ3v) is 3.67. The van der Waals surface area contributed by atoms with Gasteiger partial charge in [-0.15, -0.1) is 0 Å². The summed E-state index contributed by atoms with van der Waals surface area (Å²) in [6, 6.07) is 7.61. The van der Waals surface area contributed by atoms with Crippen molar-refractivity contribution in [1.82, 2.24) is 10.3 Å². The van der Waals surface area contributed by atoms with E-state index in [0.717, 1.165) is 25.2 Å². The average molecular weight is 288 g/mol. The van der Waals surface area contributed by atoms with Crippen molar-refractivity contribution in [2.24, 2.45) is 0 Å². The largest absolute Gasteiger partial charge is 0.322 e. The molecule has 0 saturated heterocycles. The number of carbonyl (C=O) groups excluding carboxylic acids is 1. The summed E-state index contributed by atoms with van der Waals surface area (Å²) in [5, 5.41) is 6.54. The number of benzene rings is 1. The first-order chi connectivity index (χ1) is 9.74. The molecular formula is C15H14ClN3O. The molecule has 1 amide bonds. The number of halogens is 1. The quantitative estimate of drug-likeness (QED) is 0.893. The van der Waals surface area contributed by atoms with Crippen molar-refractivity contribution in [2.75, 3.05) is 11.9 Å². The van der Waals surface area contributed by atoms with Crippen LogP contribution in [0.25, 0.3) is 0 Å². The molecule has 2 aromatic rings. The summed E-state index contributed by atoms with van der Waals surface area (Å²) in [5.74, 6) is -0.221. The van der Waals surface area contributed by atoms with E-state index in [4.69, 9.17) is 11.6 Å². The van der Waals surface area contributed by atoms with E-state index in [1.165, 1.54) is 17.3 Å². The monoisotopic (exact) mass is 287 g/mol. The molecule has 3 rings (SSSR count). The zero-order valence-electron chi connectivity index (χ0n) is 10.8. The summed E-state index contributed by atoms with van der Waals surface area (Å²) in [6.07, 6.45) is 4.05. The van der Waals surface area contributed by atoms with Crippen LogP contribution in [0.1, 0.15) is 21.5 Å². The molecule has 0 fully saturated rings. The lowest BCUT2D eigenvalue weighted by molar-refractivity contribution is 0.102. The number of hydrogen-bond donors (Lipinski definition) is 2. The van der Waals surface area contributed by atoms with Crippen LogP contribution in [0.3, 0.4) is 0 Å². The molecule has 0 saturated carbocycles. The Morgan fingerprint density at radius 1 is 1.30 bits per heavy atom. The molecule has 0 aliphatic carbocycles. The lowest BCUT2D eigenvalue weighted by Gasteiger charge is -2.18. The summed E-state index contributed by atoms with van der Waals surface area (Å²) in [5.41, 5.74) is 3.78. The Labute approximate surface area is 122 Å². The van der Waals surface area contributed by atoms with Gasteiger partial charge in [0.25, 0.3) is 5.91 Å². The van der Waals surface area contributed by atoms with Gasteiger partial charge in [0.2, 0.25) is 0 Å². The zero-order valence-corrected chi connectivity index (χ0v) is 11.6. The van der Waals surface area contributed by atoms with Crippen LogP contribution in [-0.2, 0) is 13.0 Å². The molecule has 2 heterocycles. The Morgan fingerprint density at radius 3 is 3.05 bits per heavy atom. The molecule has 20 heavy (non-hydrogen) atoms. The lowest BCUT2D eigenvalue weighted by atomic mass is 10.0. The highest BCUT2D eigenvalue weighted by Gasteiger charge is 2.13. The van der Waals surface area contributed by atoms with Crippen molar-refractivity contribution in [3.05, 3.63) is 58.4 Å². The molecule has 0 unspecified atom stereocenters. The molecule has 2 N–H and O–H groups in total. The Kier molecular flexibility index (Phi) is 3.67. The second-order valence-electron chi connectivity index (χ2n) is 4.72. The average Bonchev–Trinajstić information content (AvgIpc) is 2.47. The summed E-state index contributed by atoms with van der Waals surface area (Å²) in [7, 11) is 0. The van der Waals surface area contributed by atoms with E-state index >= 15 is 0 Å². The fraction of sp³-hybridized carbons (Fsp3) is 0.200. The maximum atomic E-state index is 12.2. The maximum Gasteiger partial charge on any atom is 0.257 e. The van der Waals surface area contributed by atoms with Gasteiger partial charge in [0, 0.05) is 24.6 Å². The molecule has 0 spiro atoms. The zero-order chi connectivity index (χ0) is 13.9. The van der Waals surface area contributed by atoms with Gasteiger partial charge < -0.3 is 10.6 Å². The van der Waals surface area contributed by atoms with Crippen LogP contribution in [-0.4, -0.2) is 17.4 Å². The molecule has 0 bridgehead atoms. The lowest BCUT2D eigenvalue weighted by Crippen LogP contribution is -2.23. The predicted octanol–water partition coefficient (Wildman–Crippen LogP) is 2.63. The van der Waals surface area contributed by atoms with Crippen LogP contribution in [0, 0.1) is 0 Å². The van der Waals surface area contributed by atoms with Gasteiger partial charge in [-0.25, -0.2) is 0 Å². The fourth-order valence-corrected chi connectivity index (χ4v) is 2.52. The summed E-state index contributed by atoms with van der Waals surface area (Å²) in [6.45, 7) is 1.85. The van der Waals surface area contributed by atoms with E-state index in [-0.39, 0.29) is 5.91 Å². The third kappa shape index (κ3) is 2.66. The highest BCUT2D eigenvalue weighted by Crippen LogP contribution is 2.21. The number of aromatic nitrogens is 1. The first kappa shape index (κ1) is 13.1. The van der Waals surface area contributed by atoms with Crippen molar-refractivity contribution < 1.29 is 4.79 Å². The van der Waals surface area contributed by atoms with Gasteiger partial charge in [-0.2, -0.15) is 0 Å². The van der Waals surface area contributed by atoms with E-state index in [2.05, 4.69) is 21.7 Å². The van der Waals surface area contributed by atoms with Gasteiger partial charge in [0.1, 0.15) is 0 Å². The van der Waals surface area contributed by atoms with Gasteiger partial charge >= 0.3 is 0 Å². The SMILES string of the molecule is O=C(Nc1ccc2c(c1)CNCC2)c1ccncc1Cl. The van der Waals surface area contributed by atoms with Crippen LogP contribution >= 0.6 is 11.6 Å². The summed E-state index contributed by atoms with van der Waals surface area (Å²) < 4.78 is 0. The second kappa shape index (κ2) is 5.61. The molecule has 1 aliphatic rings. The maximum absolute atomic E-state index is 12.2. The van der Waals surface area contributed by atoms with E-state index in [1.807, 2.05) is 12.1 Å². The van der Waals surface area contributed by atoms with Gasteiger partial charge in [0.05, 0.1) is 10.6 Å². The number of amides is 1. The normalized spacial score (nSPS) is 13.7. The van der Waals surface area contributed by atoms with Crippen LogP contribution in [0.2, 0.25) is 5.02 Å². The number of pyridine rings is 1. The van der Waals surface area contributed by atoms with Crippen molar-refractivity contribution in [3.63, 3.8) is 0 Å². The molecule has 5 heteroatoms. The molecule has 1 aromatic heterocycles. The van der Waals surface area contributed by atoms with Gasteiger partial charge in [-0.05, 0) is 42.3 Å². The molecule has 1 aliphatic heterocycles. The van der Waals surface area contributed by atoms with E-state index in [0.29, 0.717) is 10.6 Å². The molecule has 102 valence electrons. The van der Waals surface area contributed by atoms with E-state index in [1.54, 1.807) is 12.3 Å². The highest BCUT2D eigenvalue weighted by molar-refractivity contribution is 6.34. The molecular weight excluding hydrogens is 274 g/mol. The van der Waals surface area contributed by atoms with Gasteiger partial charge in [-0.3, -0.25) is 9.78 Å². The Morgan fingerprint density at radius 2 is 2.20 bits per heavy atom. The first-order valence-electron chi connectivity index (χ1n) is 6.47. The molecule has 4 nitrogen and oxygen atoms in total. The minimum atomic E-state index is -0.221. The molecule has 0 radical (unpaired) electrons.